The number of aryl methyl sites for hydroxylation is 1. The average molecular weight is 494 g/mol. The SMILES string of the molecule is Cc1noc(-c2ccc(-c3ccc(C4(C(=O)O)CC4)cc3)cc2)c1Cc1cccc(C(=O)NC2CC2)n1. The molecule has 0 radical (unpaired) electrons. The molecule has 0 unspecified atom stereocenters. The number of aliphatic carboxylic acids is 1. The molecule has 186 valence electrons. The highest BCUT2D eigenvalue weighted by Gasteiger charge is 2.51. The van der Waals surface area contributed by atoms with Crippen molar-refractivity contribution in [2.24, 2.45) is 0 Å². The molecule has 6 rings (SSSR count). The second-order valence-electron chi connectivity index (χ2n) is 10.1. The van der Waals surface area contributed by atoms with Gasteiger partial charge in [-0.1, -0.05) is 59.8 Å². The topological polar surface area (TPSA) is 105 Å². The number of hydrogen-bond donors (Lipinski definition) is 2. The van der Waals surface area contributed by atoms with Gasteiger partial charge in [-0.3, -0.25) is 9.59 Å². The molecule has 0 bridgehead atoms. The summed E-state index contributed by atoms with van der Waals surface area (Å²) < 4.78 is 5.71. The lowest BCUT2D eigenvalue weighted by Gasteiger charge is -2.11. The lowest BCUT2D eigenvalue weighted by atomic mass is 9.93. The summed E-state index contributed by atoms with van der Waals surface area (Å²) in [6.45, 7) is 1.91. The lowest BCUT2D eigenvalue weighted by molar-refractivity contribution is -0.140. The monoisotopic (exact) mass is 493 g/mol. The Labute approximate surface area is 214 Å². The van der Waals surface area contributed by atoms with E-state index in [0.717, 1.165) is 52.0 Å². The highest BCUT2D eigenvalue weighted by molar-refractivity contribution is 5.92. The third-order valence-corrected chi connectivity index (χ3v) is 7.37. The summed E-state index contributed by atoms with van der Waals surface area (Å²) in [6.07, 6.45) is 3.96. The van der Waals surface area contributed by atoms with E-state index in [9.17, 15) is 14.7 Å². The molecule has 37 heavy (non-hydrogen) atoms. The van der Waals surface area contributed by atoms with E-state index >= 15 is 0 Å². The summed E-state index contributed by atoms with van der Waals surface area (Å²) in [5.74, 6) is -0.192. The largest absolute Gasteiger partial charge is 0.481 e. The molecule has 2 fully saturated rings. The summed E-state index contributed by atoms with van der Waals surface area (Å²) in [5.41, 5.74) is 6.06. The van der Waals surface area contributed by atoms with Crippen LogP contribution in [-0.4, -0.2) is 33.2 Å². The maximum Gasteiger partial charge on any atom is 0.314 e. The number of pyridine rings is 1. The van der Waals surface area contributed by atoms with E-state index in [1.807, 2.05) is 67.6 Å². The number of carbonyl (C=O) groups excluding carboxylic acids is 1. The molecule has 2 N–H and O–H groups in total. The van der Waals surface area contributed by atoms with Crippen LogP contribution >= 0.6 is 0 Å². The molecule has 4 aromatic rings. The summed E-state index contributed by atoms with van der Waals surface area (Å²) in [5, 5.41) is 16.7. The molecule has 7 nitrogen and oxygen atoms in total. The molecule has 0 spiro atoms. The van der Waals surface area contributed by atoms with Gasteiger partial charge in [0.1, 0.15) is 5.69 Å². The molecule has 1 amide bonds. The van der Waals surface area contributed by atoms with Gasteiger partial charge in [-0.2, -0.15) is 0 Å². The van der Waals surface area contributed by atoms with Crippen molar-refractivity contribution >= 4 is 11.9 Å². The van der Waals surface area contributed by atoms with E-state index in [-0.39, 0.29) is 11.9 Å². The number of nitrogens with one attached hydrogen (secondary N) is 1. The van der Waals surface area contributed by atoms with Crippen molar-refractivity contribution in [2.45, 2.75) is 50.5 Å². The van der Waals surface area contributed by atoms with Gasteiger partial charge in [0.05, 0.1) is 11.1 Å². The molecule has 0 saturated heterocycles. The van der Waals surface area contributed by atoms with E-state index in [0.29, 0.717) is 30.7 Å². The van der Waals surface area contributed by atoms with Gasteiger partial charge in [-0.15, -0.1) is 0 Å². The quantitative estimate of drug-likeness (QED) is 0.345. The average Bonchev–Trinajstić information content (AvgIpc) is 3.85. The minimum atomic E-state index is -0.744. The van der Waals surface area contributed by atoms with Crippen LogP contribution in [-0.2, 0) is 16.6 Å². The number of carbonyl (C=O) groups is 2. The van der Waals surface area contributed by atoms with Crippen molar-refractivity contribution in [3.05, 3.63) is 94.9 Å². The van der Waals surface area contributed by atoms with Gasteiger partial charge in [0.25, 0.3) is 5.91 Å². The third-order valence-electron chi connectivity index (χ3n) is 7.37. The van der Waals surface area contributed by atoms with Crippen LogP contribution in [0.2, 0.25) is 0 Å². The zero-order chi connectivity index (χ0) is 25.6. The van der Waals surface area contributed by atoms with Gasteiger partial charge in [-0.05, 0) is 61.4 Å². The van der Waals surface area contributed by atoms with E-state index < -0.39 is 11.4 Å². The highest BCUT2D eigenvalue weighted by Crippen LogP contribution is 2.48. The first-order valence-corrected chi connectivity index (χ1v) is 12.6. The first-order chi connectivity index (χ1) is 17.9. The fourth-order valence-corrected chi connectivity index (χ4v) is 4.74. The van der Waals surface area contributed by atoms with Crippen molar-refractivity contribution in [1.29, 1.82) is 0 Å². The van der Waals surface area contributed by atoms with Crippen LogP contribution in [0.5, 0.6) is 0 Å². The van der Waals surface area contributed by atoms with Crippen LogP contribution in [0.1, 0.15) is 58.7 Å². The molecule has 7 heteroatoms. The number of rotatable bonds is 8. The van der Waals surface area contributed by atoms with Crippen LogP contribution in [0.25, 0.3) is 22.5 Å². The molecule has 0 atom stereocenters. The predicted molar refractivity (Wildman–Crippen MR) is 138 cm³/mol. The van der Waals surface area contributed by atoms with Crippen molar-refractivity contribution in [3.8, 4) is 22.5 Å². The van der Waals surface area contributed by atoms with E-state index in [4.69, 9.17) is 4.52 Å². The van der Waals surface area contributed by atoms with Gasteiger partial charge in [-0.25, -0.2) is 4.98 Å². The van der Waals surface area contributed by atoms with Crippen molar-refractivity contribution < 1.29 is 19.2 Å². The Morgan fingerprint density at radius 3 is 2.24 bits per heavy atom. The molecular weight excluding hydrogens is 466 g/mol. The van der Waals surface area contributed by atoms with E-state index in [1.165, 1.54) is 0 Å². The maximum atomic E-state index is 12.4. The molecule has 2 saturated carbocycles. The summed E-state index contributed by atoms with van der Waals surface area (Å²) >= 11 is 0. The van der Waals surface area contributed by atoms with Gasteiger partial charge in [0, 0.05) is 29.3 Å². The van der Waals surface area contributed by atoms with Crippen LogP contribution in [0.4, 0.5) is 0 Å². The number of carboxylic acids is 1. The number of benzene rings is 2. The summed E-state index contributed by atoms with van der Waals surface area (Å²) in [6, 6.07) is 21.6. The second-order valence-corrected chi connectivity index (χ2v) is 10.1. The maximum absolute atomic E-state index is 12.4. The Bertz CT molecular complexity index is 1480. The third kappa shape index (κ3) is 4.53. The van der Waals surface area contributed by atoms with Crippen LogP contribution in [0.3, 0.4) is 0 Å². The Hall–Kier alpha value is -4.26. The Morgan fingerprint density at radius 2 is 1.62 bits per heavy atom. The van der Waals surface area contributed by atoms with Crippen LogP contribution in [0.15, 0.2) is 71.3 Å². The molecule has 2 aliphatic carbocycles. The summed E-state index contributed by atoms with van der Waals surface area (Å²) in [7, 11) is 0. The van der Waals surface area contributed by atoms with E-state index in [1.54, 1.807) is 6.07 Å². The minimum absolute atomic E-state index is 0.134. The van der Waals surface area contributed by atoms with Gasteiger partial charge in [0.2, 0.25) is 0 Å². The standard InChI is InChI=1S/C30H27N3O4/c1-18-25(17-24-3-2-4-26(31-24)28(34)32-23-13-14-23)27(37-33-18)21-7-5-19(6-8-21)20-9-11-22(12-10-20)30(15-16-30)29(35)36/h2-12,23H,13-17H2,1H3,(H,32,34)(H,35,36). The number of amides is 1. The minimum Gasteiger partial charge on any atom is -0.481 e. The van der Waals surface area contributed by atoms with Crippen molar-refractivity contribution in [1.82, 2.24) is 15.5 Å². The Morgan fingerprint density at radius 1 is 0.973 bits per heavy atom. The number of nitrogens with zero attached hydrogens (tertiary/aromatic N) is 2. The number of aromatic nitrogens is 2. The number of hydrogen-bond acceptors (Lipinski definition) is 5. The predicted octanol–water partition coefficient (Wildman–Crippen LogP) is 5.31. The first-order valence-electron chi connectivity index (χ1n) is 12.6. The van der Waals surface area contributed by atoms with E-state index in [2.05, 4.69) is 15.5 Å². The van der Waals surface area contributed by atoms with Crippen LogP contribution < -0.4 is 5.32 Å². The van der Waals surface area contributed by atoms with Gasteiger partial charge in [0.15, 0.2) is 5.76 Å². The Kier molecular flexibility index (Phi) is 5.63. The normalized spacial score (nSPS) is 15.8. The zero-order valence-corrected chi connectivity index (χ0v) is 20.5. The molecule has 2 aromatic heterocycles. The molecule has 2 heterocycles. The van der Waals surface area contributed by atoms with Crippen molar-refractivity contribution in [3.63, 3.8) is 0 Å². The summed E-state index contributed by atoms with van der Waals surface area (Å²) in [4.78, 5) is 28.6. The molecule has 2 aromatic carbocycles. The van der Waals surface area contributed by atoms with Gasteiger partial charge < -0.3 is 14.9 Å². The number of carboxylic acid groups (broad SMARTS) is 1. The Balaban J connectivity index is 1.21. The van der Waals surface area contributed by atoms with Crippen molar-refractivity contribution in [2.75, 3.05) is 0 Å². The molecule has 2 aliphatic rings. The molecular formula is C30H27N3O4. The highest BCUT2D eigenvalue weighted by atomic mass is 16.5. The fraction of sp³-hybridized carbons (Fsp3) is 0.267. The first kappa shape index (κ1) is 23.2. The molecule has 0 aliphatic heterocycles. The van der Waals surface area contributed by atoms with Gasteiger partial charge >= 0.3 is 5.97 Å². The fourth-order valence-electron chi connectivity index (χ4n) is 4.74. The smallest absolute Gasteiger partial charge is 0.314 e. The lowest BCUT2D eigenvalue weighted by Crippen LogP contribution is -2.26. The second kappa shape index (κ2) is 9.00. The zero-order valence-electron chi connectivity index (χ0n) is 20.5. The van der Waals surface area contributed by atoms with Crippen LogP contribution in [0, 0.1) is 6.92 Å².